The maximum absolute atomic E-state index is 13.5. The van der Waals surface area contributed by atoms with Gasteiger partial charge in [-0.05, 0) is 48.0 Å². The van der Waals surface area contributed by atoms with Crippen molar-refractivity contribution in [3.63, 3.8) is 0 Å². The van der Waals surface area contributed by atoms with E-state index in [1.807, 2.05) is 33.3 Å². The van der Waals surface area contributed by atoms with E-state index in [-0.39, 0.29) is 11.9 Å². The maximum Gasteiger partial charge on any atom is 0.137 e. The zero-order chi connectivity index (χ0) is 14.0. The summed E-state index contributed by atoms with van der Waals surface area (Å²) in [7, 11) is 3.81. The van der Waals surface area contributed by atoms with Crippen LogP contribution >= 0.6 is 15.9 Å². The van der Waals surface area contributed by atoms with E-state index in [1.54, 1.807) is 10.7 Å². The van der Waals surface area contributed by atoms with Gasteiger partial charge in [0.2, 0.25) is 0 Å². The minimum atomic E-state index is -0.227. The van der Waals surface area contributed by atoms with E-state index in [1.165, 1.54) is 6.07 Å². The second-order valence-corrected chi connectivity index (χ2v) is 5.39. The Bertz CT molecular complexity index is 580. The van der Waals surface area contributed by atoms with Gasteiger partial charge in [-0.2, -0.15) is 5.10 Å². The summed E-state index contributed by atoms with van der Waals surface area (Å²) in [6, 6.07) is 5.24. The monoisotopic (exact) mass is 325 g/mol. The lowest BCUT2D eigenvalue weighted by Crippen LogP contribution is -2.19. The van der Waals surface area contributed by atoms with Crippen LogP contribution in [0.2, 0.25) is 0 Å². The lowest BCUT2D eigenvalue weighted by Gasteiger charge is -2.16. The Morgan fingerprint density at radius 3 is 2.79 bits per heavy atom. The summed E-state index contributed by atoms with van der Waals surface area (Å²) in [4.78, 5) is 0. The minimum Gasteiger partial charge on any atom is -0.313 e. The molecule has 102 valence electrons. The highest BCUT2D eigenvalue weighted by Gasteiger charge is 2.17. The molecule has 0 bridgehead atoms. The molecule has 0 spiro atoms. The highest BCUT2D eigenvalue weighted by Crippen LogP contribution is 2.26. The van der Waals surface area contributed by atoms with Crippen molar-refractivity contribution in [1.82, 2.24) is 15.1 Å². The van der Waals surface area contributed by atoms with Crippen molar-refractivity contribution < 1.29 is 4.39 Å². The van der Waals surface area contributed by atoms with Crippen LogP contribution in [0.5, 0.6) is 0 Å². The average molecular weight is 326 g/mol. The number of hydrogen-bond donors (Lipinski definition) is 1. The van der Waals surface area contributed by atoms with Crippen molar-refractivity contribution >= 4 is 15.9 Å². The summed E-state index contributed by atoms with van der Waals surface area (Å²) in [6.07, 6.45) is 2.71. The van der Waals surface area contributed by atoms with Crippen LogP contribution in [-0.4, -0.2) is 16.8 Å². The van der Waals surface area contributed by atoms with E-state index < -0.39 is 0 Å². The molecule has 0 aliphatic heterocycles. The molecule has 0 saturated heterocycles. The smallest absolute Gasteiger partial charge is 0.137 e. The normalized spacial score (nSPS) is 12.7. The molecule has 3 nitrogen and oxygen atoms in total. The van der Waals surface area contributed by atoms with Crippen molar-refractivity contribution in [3.8, 4) is 0 Å². The average Bonchev–Trinajstić information content (AvgIpc) is 2.70. The molecule has 0 saturated carbocycles. The quantitative estimate of drug-likeness (QED) is 0.935. The van der Waals surface area contributed by atoms with Gasteiger partial charge in [-0.3, -0.25) is 4.68 Å². The highest BCUT2D eigenvalue weighted by atomic mass is 79.9. The first-order valence-corrected chi connectivity index (χ1v) is 6.92. The number of hydrogen-bond acceptors (Lipinski definition) is 2. The molecule has 2 aromatic rings. The molecule has 0 amide bonds. The van der Waals surface area contributed by atoms with Crippen molar-refractivity contribution in [2.45, 2.75) is 19.4 Å². The molecule has 19 heavy (non-hydrogen) atoms. The van der Waals surface area contributed by atoms with E-state index in [4.69, 9.17) is 0 Å². The lowest BCUT2D eigenvalue weighted by atomic mass is 9.99. The van der Waals surface area contributed by atoms with Crippen LogP contribution in [-0.2, 0) is 13.5 Å². The fraction of sp³-hybridized carbons (Fsp3) is 0.357. The number of aryl methyl sites for hydroxylation is 2. The SMILES string of the molecule is CNC(Cc1cccc(F)c1Br)c1cn(C)nc1C. The number of halogens is 2. The first kappa shape index (κ1) is 14.2. The molecule has 1 atom stereocenters. The highest BCUT2D eigenvalue weighted by molar-refractivity contribution is 9.10. The Morgan fingerprint density at radius 2 is 2.21 bits per heavy atom. The Morgan fingerprint density at radius 1 is 1.47 bits per heavy atom. The van der Waals surface area contributed by atoms with E-state index in [9.17, 15) is 4.39 Å². The molecule has 1 N–H and O–H groups in total. The van der Waals surface area contributed by atoms with Crippen LogP contribution in [0, 0.1) is 12.7 Å². The minimum absolute atomic E-state index is 0.117. The molecule has 1 heterocycles. The second kappa shape index (κ2) is 5.84. The van der Waals surface area contributed by atoms with Crippen LogP contribution in [0.4, 0.5) is 4.39 Å². The molecular formula is C14H17BrFN3. The summed E-state index contributed by atoms with van der Waals surface area (Å²) < 4.78 is 15.9. The third kappa shape index (κ3) is 3.04. The summed E-state index contributed by atoms with van der Waals surface area (Å²) in [6.45, 7) is 1.99. The zero-order valence-electron chi connectivity index (χ0n) is 11.2. The number of likely N-dealkylation sites (N-methyl/N-ethyl adjacent to an activating group) is 1. The number of nitrogens with zero attached hydrogens (tertiary/aromatic N) is 2. The van der Waals surface area contributed by atoms with Gasteiger partial charge in [0.05, 0.1) is 10.2 Å². The molecule has 1 aromatic heterocycles. The van der Waals surface area contributed by atoms with Crippen molar-refractivity contribution in [3.05, 3.63) is 51.5 Å². The van der Waals surface area contributed by atoms with Crippen LogP contribution in [0.25, 0.3) is 0 Å². The molecule has 0 aliphatic rings. The number of aromatic nitrogens is 2. The summed E-state index contributed by atoms with van der Waals surface area (Å²) in [5.41, 5.74) is 3.08. The largest absolute Gasteiger partial charge is 0.313 e. The number of rotatable bonds is 4. The van der Waals surface area contributed by atoms with Crippen LogP contribution in [0.3, 0.4) is 0 Å². The first-order chi connectivity index (χ1) is 9.02. The lowest BCUT2D eigenvalue weighted by molar-refractivity contribution is 0.577. The van der Waals surface area contributed by atoms with Crippen LogP contribution in [0.15, 0.2) is 28.9 Å². The summed E-state index contributed by atoms with van der Waals surface area (Å²) in [5.74, 6) is -0.227. The standard InChI is InChI=1S/C14H17BrFN3/c1-9-11(8-19(3)18-9)13(17-2)7-10-5-4-6-12(16)14(10)15/h4-6,8,13,17H,7H2,1-3H3. The van der Waals surface area contributed by atoms with Gasteiger partial charge in [0, 0.05) is 24.8 Å². The van der Waals surface area contributed by atoms with Crippen molar-refractivity contribution in [1.29, 1.82) is 0 Å². The van der Waals surface area contributed by atoms with E-state index in [2.05, 4.69) is 26.3 Å². The summed E-state index contributed by atoms with van der Waals surface area (Å²) >= 11 is 3.31. The third-order valence-electron chi connectivity index (χ3n) is 3.23. The van der Waals surface area contributed by atoms with Gasteiger partial charge in [0.25, 0.3) is 0 Å². The van der Waals surface area contributed by atoms with Crippen molar-refractivity contribution in [2.24, 2.45) is 7.05 Å². The van der Waals surface area contributed by atoms with E-state index in [0.29, 0.717) is 10.9 Å². The van der Waals surface area contributed by atoms with E-state index in [0.717, 1.165) is 16.8 Å². The molecule has 0 radical (unpaired) electrons. The first-order valence-electron chi connectivity index (χ1n) is 6.13. The predicted molar refractivity (Wildman–Crippen MR) is 77.5 cm³/mol. The number of benzene rings is 1. The fourth-order valence-corrected chi connectivity index (χ4v) is 2.68. The Hall–Kier alpha value is -1.20. The van der Waals surface area contributed by atoms with Gasteiger partial charge in [-0.1, -0.05) is 12.1 Å². The van der Waals surface area contributed by atoms with E-state index >= 15 is 0 Å². The fourth-order valence-electron chi connectivity index (χ4n) is 2.25. The Balaban J connectivity index is 2.29. The zero-order valence-corrected chi connectivity index (χ0v) is 12.8. The Kier molecular flexibility index (Phi) is 4.37. The van der Waals surface area contributed by atoms with Crippen LogP contribution in [0.1, 0.15) is 22.9 Å². The molecule has 2 rings (SSSR count). The third-order valence-corrected chi connectivity index (χ3v) is 4.12. The van der Waals surface area contributed by atoms with Gasteiger partial charge < -0.3 is 5.32 Å². The van der Waals surface area contributed by atoms with Gasteiger partial charge in [-0.25, -0.2) is 4.39 Å². The molecule has 5 heteroatoms. The second-order valence-electron chi connectivity index (χ2n) is 4.60. The van der Waals surface area contributed by atoms with Gasteiger partial charge in [-0.15, -0.1) is 0 Å². The maximum atomic E-state index is 13.5. The van der Waals surface area contributed by atoms with Gasteiger partial charge in [0.15, 0.2) is 0 Å². The Labute approximate surface area is 121 Å². The van der Waals surface area contributed by atoms with Gasteiger partial charge in [0.1, 0.15) is 5.82 Å². The molecule has 1 aromatic carbocycles. The van der Waals surface area contributed by atoms with Gasteiger partial charge >= 0.3 is 0 Å². The number of nitrogens with one attached hydrogen (secondary N) is 1. The topological polar surface area (TPSA) is 29.9 Å². The molecular weight excluding hydrogens is 309 g/mol. The van der Waals surface area contributed by atoms with Crippen molar-refractivity contribution in [2.75, 3.05) is 7.05 Å². The summed E-state index contributed by atoms with van der Waals surface area (Å²) in [5, 5.41) is 7.62. The van der Waals surface area contributed by atoms with Crippen LogP contribution < -0.4 is 5.32 Å². The predicted octanol–water partition coefficient (Wildman–Crippen LogP) is 3.13. The molecule has 0 aliphatic carbocycles. The molecule has 0 fully saturated rings. The molecule has 1 unspecified atom stereocenters.